The minimum absolute atomic E-state index is 0.0471. The van der Waals surface area contributed by atoms with Gasteiger partial charge in [-0.3, -0.25) is 10.1 Å². The number of benzene rings is 2. The summed E-state index contributed by atoms with van der Waals surface area (Å²) in [6, 6.07) is 8.77. The zero-order valence-corrected chi connectivity index (χ0v) is 16.8. The molecule has 3 aromatic rings. The summed E-state index contributed by atoms with van der Waals surface area (Å²) in [5.41, 5.74) is -0.182. The number of nitro groups is 1. The van der Waals surface area contributed by atoms with E-state index < -0.39 is 10.9 Å². The first kappa shape index (κ1) is 19.3. The van der Waals surface area contributed by atoms with Crippen molar-refractivity contribution in [3.8, 4) is 5.75 Å². The normalized spacial score (nSPS) is 10.6. The molecule has 0 bridgehead atoms. The van der Waals surface area contributed by atoms with Gasteiger partial charge < -0.3 is 9.30 Å². The third kappa shape index (κ3) is 4.46. The number of hydrogen-bond acceptors (Lipinski definition) is 7. The molecule has 0 N–H and O–H groups in total. The molecule has 1 heterocycles. The highest BCUT2D eigenvalue weighted by Gasteiger charge is 2.21. The Bertz CT molecular complexity index is 1040. The van der Waals surface area contributed by atoms with Crippen molar-refractivity contribution in [3.05, 3.63) is 67.9 Å². The van der Waals surface area contributed by atoms with Crippen LogP contribution in [0.4, 0.5) is 5.69 Å². The molecule has 0 amide bonds. The molecule has 1 aromatic heterocycles. The van der Waals surface area contributed by atoms with Gasteiger partial charge in [-0.1, -0.05) is 11.6 Å². The maximum atomic E-state index is 12.4. The molecule has 0 radical (unpaired) electrons. The number of ether oxygens (including phenoxy) is 1. The summed E-state index contributed by atoms with van der Waals surface area (Å²) >= 11 is 10.2. The Balaban J connectivity index is 1.88. The van der Waals surface area contributed by atoms with Crippen LogP contribution in [0, 0.1) is 10.1 Å². The Morgan fingerprint density at radius 2 is 2.11 bits per heavy atom. The average molecular weight is 470 g/mol. The number of rotatable bonds is 5. The summed E-state index contributed by atoms with van der Waals surface area (Å²) in [6.45, 7) is 0. The van der Waals surface area contributed by atoms with E-state index in [2.05, 4.69) is 26.1 Å². The molecule has 3 rings (SSSR count). The van der Waals surface area contributed by atoms with Crippen LogP contribution in [-0.4, -0.2) is 25.7 Å². The van der Waals surface area contributed by atoms with Gasteiger partial charge in [-0.05, 0) is 58.0 Å². The van der Waals surface area contributed by atoms with E-state index in [4.69, 9.17) is 16.3 Å². The van der Waals surface area contributed by atoms with Crippen molar-refractivity contribution in [3.63, 3.8) is 0 Å². The molecule has 0 aliphatic heterocycles. The van der Waals surface area contributed by atoms with Crippen molar-refractivity contribution in [2.75, 3.05) is 0 Å². The van der Waals surface area contributed by atoms with E-state index in [1.165, 1.54) is 30.6 Å². The van der Waals surface area contributed by atoms with Gasteiger partial charge in [0.1, 0.15) is 12.1 Å². The van der Waals surface area contributed by atoms with Crippen LogP contribution in [0.2, 0.25) is 5.02 Å². The average Bonchev–Trinajstić information content (AvgIpc) is 3.02. The molecule has 11 heteroatoms. The molecule has 2 aromatic carbocycles. The summed E-state index contributed by atoms with van der Waals surface area (Å²) in [4.78, 5) is 23.6. The number of hydrogen-bond donors (Lipinski definition) is 0. The number of carbonyl (C=O) groups excluding carboxylic acids is 1. The summed E-state index contributed by atoms with van der Waals surface area (Å²) in [5, 5.41) is 20.0. The van der Waals surface area contributed by atoms with Gasteiger partial charge in [0.15, 0.2) is 5.16 Å². The number of esters is 1. The van der Waals surface area contributed by atoms with Crippen molar-refractivity contribution < 1.29 is 14.5 Å². The number of nitro benzene ring substituents is 1. The minimum Gasteiger partial charge on any atom is -0.422 e. The summed E-state index contributed by atoms with van der Waals surface area (Å²) in [7, 11) is 1.73. The predicted octanol–water partition coefficient (Wildman–Crippen LogP) is 4.51. The second kappa shape index (κ2) is 8.07. The van der Waals surface area contributed by atoms with Gasteiger partial charge in [0, 0.05) is 18.1 Å². The zero-order valence-electron chi connectivity index (χ0n) is 13.6. The fourth-order valence-corrected chi connectivity index (χ4v) is 3.67. The Labute approximate surface area is 170 Å². The zero-order chi connectivity index (χ0) is 19.6. The third-order valence-corrected chi connectivity index (χ3v) is 5.33. The van der Waals surface area contributed by atoms with E-state index >= 15 is 0 Å². The quantitative estimate of drug-likeness (QED) is 0.234. The van der Waals surface area contributed by atoms with Crippen LogP contribution in [0.25, 0.3) is 0 Å². The number of aromatic nitrogens is 3. The fraction of sp³-hybridized carbons (Fsp3) is 0.0625. The molecule has 0 fully saturated rings. The molecule has 0 aliphatic rings. The first-order valence-electron chi connectivity index (χ1n) is 7.32. The second-order valence-electron chi connectivity index (χ2n) is 5.23. The lowest BCUT2D eigenvalue weighted by atomic mass is 10.2. The van der Waals surface area contributed by atoms with Gasteiger partial charge in [-0.15, -0.1) is 10.2 Å². The summed E-state index contributed by atoms with van der Waals surface area (Å²) in [6.07, 6.45) is 1.49. The number of carbonyl (C=O) groups is 1. The molecule has 27 heavy (non-hydrogen) atoms. The number of halogens is 2. The van der Waals surface area contributed by atoms with E-state index in [0.717, 1.165) is 11.8 Å². The monoisotopic (exact) mass is 468 g/mol. The molecule has 0 saturated carbocycles. The molecule has 0 unspecified atom stereocenters. The maximum absolute atomic E-state index is 12.4. The van der Waals surface area contributed by atoms with Crippen molar-refractivity contribution in [1.29, 1.82) is 0 Å². The standard InChI is InChI=1S/C16H10BrClN4O4S/c1-21-8-19-20-16(21)27-14-5-2-9(6-12(14)22(24)25)15(23)26-13-4-3-10(18)7-11(13)17/h2-8H,1H3. The highest BCUT2D eigenvalue weighted by atomic mass is 79.9. The van der Waals surface area contributed by atoms with Crippen LogP contribution in [0.1, 0.15) is 10.4 Å². The smallest absolute Gasteiger partial charge is 0.343 e. The predicted molar refractivity (Wildman–Crippen MR) is 102 cm³/mol. The molecule has 0 atom stereocenters. The lowest BCUT2D eigenvalue weighted by molar-refractivity contribution is -0.387. The van der Waals surface area contributed by atoms with Crippen LogP contribution in [0.15, 0.2) is 57.3 Å². The van der Waals surface area contributed by atoms with Gasteiger partial charge in [0.25, 0.3) is 5.69 Å². The summed E-state index contributed by atoms with van der Waals surface area (Å²) < 4.78 is 7.41. The molecule has 138 valence electrons. The van der Waals surface area contributed by atoms with Crippen molar-refractivity contribution in [1.82, 2.24) is 14.8 Å². The topological polar surface area (TPSA) is 100 Å². The minimum atomic E-state index is -0.726. The van der Waals surface area contributed by atoms with Crippen molar-refractivity contribution in [2.24, 2.45) is 7.05 Å². The van der Waals surface area contributed by atoms with E-state index in [-0.39, 0.29) is 17.0 Å². The maximum Gasteiger partial charge on any atom is 0.343 e. The highest BCUT2D eigenvalue weighted by Crippen LogP contribution is 2.35. The molecular formula is C16H10BrClN4O4S. The second-order valence-corrected chi connectivity index (χ2v) is 7.53. The van der Waals surface area contributed by atoms with E-state index in [1.54, 1.807) is 23.7 Å². The Kier molecular flexibility index (Phi) is 5.78. The third-order valence-electron chi connectivity index (χ3n) is 3.36. The van der Waals surface area contributed by atoms with Gasteiger partial charge in [-0.25, -0.2) is 4.79 Å². The van der Waals surface area contributed by atoms with Crippen LogP contribution in [-0.2, 0) is 7.05 Å². The van der Waals surface area contributed by atoms with Gasteiger partial charge in [0.05, 0.1) is 19.9 Å². The molecule has 0 spiro atoms. The van der Waals surface area contributed by atoms with Gasteiger partial charge >= 0.3 is 5.97 Å². The van der Waals surface area contributed by atoms with E-state index in [9.17, 15) is 14.9 Å². The van der Waals surface area contributed by atoms with Crippen LogP contribution in [0.5, 0.6) is 5.75 Å². The SMILES string of the molecule is Cn1cnnc1Sc1ccc(C(=O)Oc2ccc(Cl)cc2Br)cc1[N+](=O)[O-]. The first-order valence-corrected chi connectivity index (χ1v) is 9.31. The van der Waals surface area contributed by atoms with Crippen molar-refractivity contribution >= 4 is 50.9 Å². The molecule has 0 aliphatic carbocycles. The highest BCUT2D eigenvalue weighted by molar-refractivity contribution is 9.10. The Hall–Kier alpha value is -2.43. The van der Waals surface area contributed by atoms with Crippen LogP contribution >= 0.6 is 39.3 Å². The fourth-order valence-electron chi connectivity index (χ4n) is 2.05. The van der Waals surface area contributed by atoms with Gasteiger partial charge in [-0.2, -0.15) is 0 Å². The van der Waals surface area contributed by atoms with Crippen LogP contribution in [0.3, 0.4) is 0 Å². The lowest BCUT2D eigenvalue weighted by Crippen LogP contribution is -2.09. The first-order chi connectivity index (χ1) is 12.8. The number of nitrogens with zero attached hydrogens (tertiary/aromatic N) is 4. The Morgan fingerprint density at radius 3 is 2.74 bits per heavy atom. The van der Waals surface area contributed by atoms with E-state index in [0.29, 0.717) is 19.5 Å². The summed E-state index contributed by atoms with van der Waals surface area (Å²) in [5.74, 6) is -0.471. The Morgan fingerprint density at radius 1 is 1.33 bits per heavy atom. The lowest BCUT2D eigenvalue weighted by Gasteiger charge is -2.08. The molecule has 0 saturated heterocycles. The molecule has 8 nitrogen and oxygen atoms in total. The van der Waals surface area contributed by atoms with E-state index in [1.807, 2.05) is 0 Å². The molecular weight excluding hydrogens is 460 g/mol. The van der Waals surface area contributed by atoms with Crippen LogP contribution < -0.4 is 4.74 Å². The largest absolute Gasteiger partial charge is 0.422 e. The van der Waals surface area contributed by atoms with Crippen molar-refractivity contribution in [2.45, 2.75) is 10.1 Å². The number of aryl methyl sites for hydroxylation is 1. The van der Waals surface area contributed by atoms with Gasteiger partial charge in [0.2, 0.25) is 0 Å².